The summed E-state index contributed by atoms with van der Waals surface area (Å²) in [4.78, 5) is 2.57. The van der Waals surface area contributed by atoms with Gasteiger partial charge in [0.05, 0.1) is 13.4 Å². The number of nitrogens with zero attached hydrogens (tertiary/aromatic N) is 2. The number of hydrogen-bond acceptors (Lipinski definition) is 4. The van der Waals surface area contributed by atoms with Crippen LogP contribution in [0.1, 0.15) is 36.4 Å². The van der Waals surface area contributed by atoms with E-state index < -0.39 is 10.0 Å². The Morgan fingerprint density at radius 1 is 1.24 bits per heavy atom. The van der Waals surface area contributed by atoms with Gasteiger partial charge in [-0.25, -0.2) is 8.42 Å². The van der Waals surface area contributed by atoms with E-state index in [1.54, 1.807) is 11.4 Å². The van der Waals surface area contributed by atoms with Crippen molar-refractivity contribution in [1.82, 2.24) is 9.21 Å². The number of ether oxygens (including phenoxy) is 1. The second-order valence-corrected chi connectivity index (χ2v) is 9.34. The summed E-state index contributed by atoms with van der Waals surface area (Å²) in [5.74, 6) is 1.39. The van der Waals surface area contributed by atoms with Gasteiger partial charge < -0.3 is 4.74 Å². The van der Waals surface area contributed by atoms with E-state index in [1.165, 1.54) is 17.4 Å². The zero-order chi connectivity index (χ0) is 16.9. The van der Waals surface area contributed by atoms with Gasteiger partial charge in [-0.15, -0.1) is 12.4 Å². The van der Waals surface area contributed by atoms with Crippen LogP contribution < -0.4 is 4.74 Å². The van der Waals surface area contributed by atoms with Crippen LogP contribution in [0.2, 0.25) is 0 Å². The highest BCUT2D eigenvalue weighted by Crippen LogP contribution is 2.43. The Bertz CT molecular complexity index is 740. The first-order valence-corrected chi connectivity index (χ1v) is 10.7. The lowest BCUT2D eigenvalue weighted by molar-refractivity contribution is 0.0222. The molecule has 5 nitrogen and oxygen atoms in total. The number of piperidine rings is 2. The first-order chi connectivity index (χ1) is 11.5. The molecular formula is C18H27ClN2O3S. The quantitative estimate of drug-likeness (QED) is 0.783. The highest BCUT2D eigenvalue weighted by Gasteiger charge is 2.44. The predicted octanol–water partition coefficient (Wildman–Crippen LogP) is 2.46. The van der Waals surface area contributed by atoms with Gasteiger partial charge in [-0.05, 0) is 54.9 Å². The number of halogens is 1. The van der Waals surface area contributed by atoms with Crippen LogP contribution in [0.3, 0.4) is 0 Å². The Balaban J connectivity index is 0.00000182. The largest absolute Gasteiger partial charge is 0.497 e. The van der Waals surface area contributed by atoms with E-state index in [4.69, 9.17) is 4.74 Å². The van der Waals surface area contributed by atoms with Crippen LogP contribution in [-0.4, -0.2) is 56.7 Å². The number of rotatable bonds is 2. The summed E-state index contributed by atoms with van der Waals surface area (Å²) in [5.41, 5.74) is 2.72. The van der Waals surface area contributed by atoms with Gasteiger partial charge in [-0.3, -0.25) is 4.90 Å². The molecule has 4 rings (SSSR count). The molecule has 0 radical (unpaired) electrons. The maximum absolute atomic E-state index is 12.2. The van der Waals surface area contributed by atoms with Gasteiger partial charge in [0, 0.05) is 31.7 Å². The predicted molar refractivity (Wildman–Crippen MR) is 101 cm³/mol. The van der Waals surface area contributed by atoms with Gasteiger partial charge in [0.15, 0.2) is 0 Å². The first-order valence-electron chi connectivity index (χ1n) is 8.85. The summed E-state index contributed by atoms with van der Waals surface area (Å²) in [5, 5.41) is 0. The molecule has 3 atom stereocenters. The molecule has 2 fully saturated rings. The lowest BCUT2D eigenvalue weighted by Crippen LogP contribution is -2.57. The molecule has 0 aliphatic carbocycles. The van der Waals surface area contributed by atoms with Crippen LogP contribution in [0.5, 0.6) is 5.75 Å². The fourth-order valence-corrected chi connectivity index (χ4v) is 6.14. The van der Waals surface area contributed by atoms with Crippen molar-refractivity contribution in [2.24, 2.45) is 5.92 Å². The van der Waals surface area contributed by atoms with Gasteiger partial charge in [0.1, 0.15) is 5.75 Å². The Morgan fingerprint density at radius 3 is 2.76 bits per heavy atom. The second-order valence-electron chi connectivity index (χ2n) is 7.40. The number of methoxy groups -OCH3 is 1. The maximum Gasteiger partial charge on any atom is 0.211 e. The zero-order valence-corrected chi connectivity index (χ0v) is 16.5. The number of hydrogen-bond donors (Lipinski definition) is 0. The molecule has 1 aromatic rings. The van der Waals surface area contributed by atoms with Crippen LogP contribution in [0.25, 0.3) is 0 Å². The summed E-state index contributed by atoms with van der Waals surface area (Å²) in [6.45, 7) is 2.77. The van der Waals surface area contributed by atoms with E-state index in [9.17, 15) is 8.42 Å². The SMILES string of the molecule is COc1ccc2c(c1)CCN1CC3CCCN(S(C)(=O)=O)C3CC21.Cl. The fraction of sp³-hybridized carbons (Fsp3) is 0.667. The summed E-state index contributed by atoms with van der Waals surface area (Å²) >= 11 is 0. The summed E-state index contributed by atoms with van der Waals surface area (Å²) in [6, 6.07) is 6.85. The smallest absolute Gasteiger partial charge is 0.211 e. The summed E-state index contributed by atoms with van der Waals surface area (Å²) in [6.07, 6.45) is 5.46. The van der Waals surface area contributed by atoms with Crippen molar-refractivity contribution >= 4 is 22.4 Å². The van der Waals surface area contributed by atoms with Crippen molar-refractivity contribution in [3.8, 4) is 5.75 Å². The summed E-state index contributed by atoms with van der Waals surface area (Å²) < 4.78 is 31.6. The van der Waals surface area contributed by atoms with Gasteiger partial charge in [-0.1, -0.05) is 6.07 Å². The molecule has 25 heavy (non-hydrogen) atoms. The molecule has 0 spiro atoms. The van der Waals surface area contributed by atoms with Crippen LogP contribution in [0, 0.1) is 5.92 Å². The average Bonchev–Trinajstić information content (AvgIpc) is 2.58. The molecular weight excluding hydrogens is 360 g/mol. The second kappa shape index (κ2) is 7.06. The number of sulfonamides is 1. The third-order valence-electron chi connectivity index (χ3n) is 6.05. The lowest BCUT2D eigenvalue weighted by atomic mass is 9.77. The zero-order valence-electron chi connectivity index (χ0n) is 14.8. The normalized spacial score (nSPS) is 29.8. The molecule has 3 heterocycles. The topological polar surface area (TPSA) is 49.9 Å². The highest BCUT2D eigenvalue weighted by atomic mass is 35.5. The van der Waals surface area contributed by atoms with E-state index >= 15 is 0 Å². The van der Waals surface area contributed by atoms with Crippen molar-refractivity contribution < 1.29 is 13.2 Å². The molecule has 140 valence electrons. The molecule has 3 unspecified atom stereocenters. The molecule has 0 amide bonds. The van der Waals surface area contributed by atoms with Gasteiger partial charge in [0.25, 0.3) is 0 Å². The molecule has 7 heteroatoms. The molecule has 0 N–H and O–H groups in total. The minimum atomic E-state index is -3.13. The van der Waals surface area contributed by atoms with Crippen molar-refractivity contribution in [2.45, 2.75) is 37.8 Å². The first kappa shape index (κ1) is 19.0. The molecule has 3 aliphatic rings. The van der Waals surface area contributed by atoms with Crippen LogP contribution in [-0.2, 0) is 16.4 Å². The fourth-order valence-electron chi connectivity index (χ4n) is 4.93. The third-order valence-corrected chi connectivity index (χ3v) is 7.35. The standard InChI is InChI=1S/C18H26N2O3S.ClH/c1-23-15-5-6-16-13(10-15)7-9-19-12-14-4-3-8-20(24(2,21)22)17(14)11-18(16)19;/h5-6,10,14,17-18H,3-4,7-9,11-12H2,1-2H3;1H. The molecule has 3 aliphatic heterocycles. The van der Waals surface area contributed by atoms with Gasteiger partial charge in [0.2, 0.25) is 10.0 Å². The highest BCUT2D eigenvalue weighted by molar-refractivity contribution is 7.88. The molecule has 2 saturated heterocycles. The molecule has 0 aromatic heterocycles. The Kier molecular flexibility index (Phi) is 5.36. The van der Waals surface area contributed by atoms with Crippen molar-refractivity contribution in [3.05, 3.63) is 29.3 Å². The van der Waals surface area contributed by atoms with Crippen LogP contribution in [0.15, 0.2) is 18.2 Å². The third kappa shape index (κ3) is 3.42. The van der Waals surface area contributed by atoms with E-state index in [1.807, 2.05) is 6.07 Å². The number of fused-ring (bicyclic) bond motifs is 4. The number of benzene rings is 1. The van der Waals surface area contributed by atoms with E-state index in [0.29, 0.717) is 18.5 Å². The van der Waals surface area contributed by atoms with Crippen LogP contribution in [0.4, 0.5) is 0 Å². The minimum absolute atomic E-state index is 0. The van der Waals surface area contributed by atoms with Gasteiger partial charge in [-0.2, -0.15) is 4.31 Å². The Hall–Kier alpha value is -0.820. The average molecular weight is 387 g/mol. The summed E-state index contributed by atoms with van der Waals surface area (Å²) in [7, 11) is -1.42. The van der Waals surface area contributed by atoms with E-state index in [-0.39, 0.29) is 18.4 Å². The van der Waals surface area contributed by atoms with Crippen molar-refractivity contribution in [3.63, 3.8) is 0 Å². The molecule has 0 saturated carbocycles. The molecule has 0 bridgehead atoms. The van der Waals surface area contributed by atoms with Gasteiger partial charge >= 0.3 is 0 Å². The lowest BCUT2D eigenvalue weighted by Gasteiger charge is -2.51. The Labute approximate surface area is 156 Å². The molecule has 1 aromatic carbocycles. The van der Waals surface area contributed by atoms with E-state index in [2.05, 4.69) is 17.0 Å². The van der Waals surface area contributed by atoms with Crippen molar-refractivity contribution in [2.75, 3.05) is 33.0 Å². The maximum atomic E-state index is 12.2. The Morgan fingerprint density at radius 2 is 2.04 bits per heavy atom. The van der Waals surface area contributed by atoms with Crippen molar-refractivity contribution in [1.29, 1.82) is 0 Å². The monoisotopic (exact) mass is 386 g/mol. The minimum Gasteiger partial charge on any atom is -0.497 e. The van der Waals surface area contributed by atoms with E-state index in [0.717, 1.165) is 44.5 Å². The van der Waals surface area contributed by atoms with Crippen LogP contribution >= 0.6 is 12.4 Å².